The number of nitrogens with zero attached hydrogens (tertiary/aromatic N) is 1. The van der Waals surface area contributed by atoms with Gasteiger partial charge < -0.3 is 5.32 Å². The predicted molar refractivity (Wildman–Crippen MR) is 52.6 cm³/mol. The number of nitrogens with one attached hydrogen (secondary N) is 1. The van der Waals surface area contributed by atoms with E-state index in [1.165, 1.54) is 12.8 Å². The molecule has 0 aromatic carbocycles. The average molecular weight is 185 g/mol. The highest BCUT2D eigenvalue weighted by Gasteiger charge is 1.92. The zero-order valence-electron chi connectivity index (χ0n) is 7.18. The summed E-state index contributed by atoms with van der Waals surface area (Å²) in [6.07, 6.45) is 5.78. The standard InChI is InChI=1S/C9H13ClN2/c1-2-3-4-12-9-5-8(10)6-11-7-9/h5-7,12H,2-4H2,1H3. The number of unbranched alkanes of at least 4 members (excludes halogenated alkanes) is 1. The molecule has 0 aliphatic rings. The van der Waals surface area contributed by atoms with E-state index in [2.05, 4.69) is 17.2 Å². The van der Waals surface area contributed by atoms with E-state index in [1.807, 2.05) is 6.07 Å². The summed E-state index contributed by atoms with van der Waals surface area (Å²) in [5.41, 5.74) is 0.996. The van der Waals surface area contributed by atoms with Crippen LogP contribution in [-0.2, 0) is 0 Å². The van der Waals surface area contributed by atoms with Crippen molar-refractivity contribution in [1.29, 1.82) is 0 Å². The lowest BCUT2D eigenvalue weighted by atomic mass is 10.3. The molecule has 0 amide bonds. The van der Waals surface area contributed by atoms with Crippen LogP contribution in [0.25, 0.3) is 0 Å². The van der Waals surface area contributed by atoms with Crippen LogP contribution in [0.1, 0.15) is 19.8 Å². The van der Waals surface area contributed by atoms with Crippen LogP contribution in [0, 0.1) is 0 Å². The van der Waals surface area contributed by atoms with Crippen LogP contribution in [0.5, 0.6) is 0 Å². The van der Waals surface area contributed by atoms with Gasteiger partial charge in [0.1, 0.15) is 0 Å². The molecular weight excluding hydrogens is 172 g/mol. The van der Waals surface area contributed by atoms with Crippen molar-refractivity contribution in [3.05, 3.63) is 23.5 Å². The SMILES string of the molecule is CCCCNc1cncc(Cl)c1. The molecule has 0 aliphatic carbocycles. The number of hydrogen-bond acceptors (Lipinski definition) is 2. The first-order chi connectivity index (χ1) is 5.83. The van der Waals surface area contributed by atoms with Crippen molar-refractivity contribution in [2.24, 2.45) is 0 Å². The fraction of sp³-hybridized carbons (Fsp3) is 0.444. The highest BCUT2D eigenvalue weighted by molar-refractivity contribution is 6.30. The molecule has 0 bridgehead atoms. The quantitative estimate of drug-likeness (QED) is 0.728. The Morgan fingerprint density at radius 2 is 2.33 bits per heavy atom. The molecule has 0 saturated heterocycles. The summed E-state index contributed by atoms with van der Waals surface area (Å²) in [7, 11) is 0. The molecule has 0 unspecified atom stereocenters. The Morgan fingerprint density at radius 1 is 1.50 bits per heavy atom. The minimum Gasteiger partial charge on any atom is -0.384 e. The fourth-order valence-electron chi connectivity index (χ4n) is 0.918. The lowest BCUT2D eigenvalue weighted by Gasteiger charge is -2.03. The summed E-state index contributed by atoms with van der Waals surface area (Å²) < 4.78 is 0. The van der Waals surface area contributed by atoms with E-state index in [-0.39, 0.29) is 0 Å². The minimum atomic E-state index is 0.677. The summed E-state index contributed by atoms with van der Waals surface area (Å²) in [5.74, 6) is 0. The molecule has 0 aliphatic heterocycles. The lowest BCUT2D eigenvalue weighted by molar-refractivity contribution is 0.834. The van der Waals surface area contributed by atoms with Gasteiger partial charge in [0.25, 0.3) is 0 Å². The molecule has 0 radical (unpaired) electrons. The van der Waals surface area contributed by atoms with E-state index in [0.29, 0.717) is 5.02 Å². The number of anilines is 1. The highest BCUT2D eigenvalue weighted by Crippen LogP contribution is 2.12. The van der Waals surface area contributed by atoms with Crippen LogP contribution in [-0.4, -0.2) is 11.5 Å². The van der Waals surface area contributed by atoms with Crippen LogP contribution in [0.4, 0.5) is 5.69 Å². The van der Waals surface area contributed by atoms with Crippen LogP contribution in [0.15, 0.2) is 18.5 Å². The maximum atomic E-state index is 5.76. The molecule has 1 N–H and O–H groups in total. The monoisotopic (exact) mass is 184 g/mol. The largest absolute Gasteiger partial charge is 0.384 e. The topological polar surface area (TPSA) is 24.9 Å². The summed E-state index contributed by atoms with van der Waals surface area (Å²) in [5, 5.41) is 3.92. The van der Waals surface area contributed by atoms with E-state index in [9.17, 15) is 0 Å². The van der Waals surface area contributed by atoms with Gasteiger partial charge in [-0.2, -0.15) is 0 Å². The van der Waals surface area contributed by atoms with Crippen molar-refractivity contribution in [2.75, 3.05) is 11.9 Å². The molecule has 0 spiro atoms. The highest BCUT2D eigenvalue weighted by atomic mass is 35.5. The van der Waals surface area contributed by atoms with Gasteiger partial charge in [-0.05, 0) is 12.5 Å². The van der Waals surface area contributed by atoms with Gasteiger partial charge in [-0.1, -0.05) is 24.9 Å². The van der Waals surface area contributed by atoms with Crippen molar-refractivity contribution in [1.82, 2.24) is 4.98 Å². The van der Waals surface area contributed by atoms with Gasteiger partial charge in [-0.15, -0.1) is 0 Å². The Labute approximate surface area is 78.0 Å². The Kier molecular flexibility index (Phi) is 3.88. The molecule has 3 heteroatoms. The van der Waals surface area contributed by atoms with Gasteiger partial charge in [-0.3, -0.25) is 4.98 Å². The third-order valence-electron chi connectivity index (χ3n) is 1.56. The van der Waals surface area contributed by atoms with E-state index >= 15 is 0 Å². The van der Waals surface area contributed by atoms with Crippen molar-refractivity contribution < 1.29 is 0 Å². The van der Waals surface area contributed by atoms with Gasteiger partial charge in [0, 0.05) is 12.7 Å². The van der Waals surface area contributed by atoms with Crippen molar-refractivity contribution in [3.8, 4) is 0 Å². The Bertz CT molecular complexity index is 238. The molecule has 1 aromatic heterocycles. The number of rotatable bonds is 4. The number of halogens is 1. The van der Waals surface area contributed by atoms with E-state index in [1.54, 1.807) is 12.4 Å². The summed E-state index contributed by atoms with van der Waals surface area (Å²) >= 11 is 5.76. The second-order valence-electron chi connectivity index (χ2n) is 2.67. The van der Waals surface area contributed by atoms with Crippen LogP contribution >= 0.6 is 11.6 Å². The maximum absolute atomic E-state index is 5.76. The zero-order chi connectivity index (χ0) is 8.81. The molecule has 0 saturated carbocycles. The van der Waals surface area contributed by atoms with Crippen molar-refractivity contribution >= 4 is 17.3 Å². The normalized spacial score (nSPS) is 9.83. The summed E-state index contributed by atoms with van der Waals surface area (Å²) in [6, 6.07) is 1.88. The molecule has 0 fully saturated rings. The van der Waals surface area contributed by atoms with E-state index < -0.39 is 0 Å². The summed E-state index contributed by atoms with van der Waals surface area (Å²) in [6.45, 7) is 3.15. The minimum absolute atomic E-state index is 0.677. The summed E-state index contributed by atoms with van der Waals surface area (Å²) in [4.78, 5) is 3.97. The number of aromatic nitrogens is 1. The first-order valence-corrected chi connectivity index (χ1v) is 4.55. The van der Waals surface area contributed by atoms with E-state index in [0.717, 1.165) is 12.2 Å². The third-order valence-corrected chi connectivity index (χ3v) is 1.77. The molecule has 66 valence electrons. The second kappa shape index (κ2) is 4.99. The Morgan fingerprint density at radius 3 is 3.00 bits per heavy atom. The van der Waals surface area contributed by atoms with Gasteiger partial charge in [0.05, 0.1) is 16.9 Å². The lowest BCUT2D eigenvalue weighted by Crippen LogP contribution is -2.00. The predicted octanol–water partition coefficient (Wildman–Crippen LogP) is 2.95. The molecule has 1 heterocycles. The van der Waals surface area contributed by atoms with Gasteiger partial charge >= 0.3 is 0 Å². The molecule has 1 aromatic rings. The molecule has 2 nitrogen and oxygen atoms in total. The van der Waals surface area contributed by atoms with Gasteiger partial charge in [0.15, 0.2) is 0 Å². The third kappa shape index (κ3) is 3.09. The second-order valence-corrected chi connectivity index (χ2v) is 3.11. The maximum Gasteiger partial charge on any atom is 0.0609 e. The van der Waals surface area contributed by atoms with Crippen molar-refractivity contribution in [2.45, 2.75) is 19.8 Å². The smallest absolute Gasteiger partial charge is 0.0609 e. The Balaban J connectivity index is 2.41. The first-order valence-electron chi connectivity index (χ1n) is 4.17. The zero-order valence-corrected chi connectivity index (χ0v) is 7.93. The van der Waals surface area contributed by atoms with Crippen molar-refractivity contribution in [3.63, 3.8) is 0 Å². The number of hydrogen-bond donors (Lipinski definition) is 1. The van der Waals surface area contributed by atoms with Gasteiger partial charge in [0.2, 0.25) is 0 Å². The van der Waals surface area contributed by atoms with Crippen LogP contribution in [0.3, 0.4) is 0 Å². The molecular formula is C9H13ClN2. The molecule has 0 atom stereocenters. The fourth-order valence-corrected chi connectivity index (χ4v) is 1.09. The average Bonchev–Trinajstić information content (AvgIpc) is 2.05. The molecule has 1 rings (SSSR count). The number of pyridine rings is 1. The van der Waals surface area contributed by atoms with Crippen LogP contribution in [0.2, 0.25) is 5.02 Å². The van der Waals surface area contributed by atoms with Crippen LogP contribution < -0.4 is 5.32 Å². The van der Waals surface area contributed by atoms with Gasteiger partial charge in [-0.25, -0.2) is 0 Å². The molecule has 12 heavy (non-hydrogen) atoms. The Hall–Kier alpha value is -0.760. The first kappa shape index (κ1) is 9.33. The van der Waals surface area contributed by atoms with E-state index in [4.69, 9.17) is 11.6 Å².